The van der Waals surface area contributed by atoms with Gasteiger partial charge in [-0.05, 0) is 13.8 Å². The zero-order valence-corrected chi connectivity index (χ0v) is 11.1. The number of hydrogen-bond acceptors (Lipinski definition) is 7. The second kappa shape index (κ2) is 5.87. The number of rotatable bonds is 5. The lowest BCUT2D eigenvalue weighted by Crippen LogP contribution is -2.25. The summed E-state index contributed by atoms with van der Waals surface area (Å²) in [4.78, 5) is 23.0. The third-order valence-electron chi connectivity index (χ3n) is 2.13. The number of nitrogen functional groups attached to an aromatic ring is 2. The third-order valence-corrected chi connectivity index (χ3v) is 2.13. The SMILES string of the molecule is C=C(C)C(=O)OC(C)c1nc(C(=N)N)nc(C(=N)N)n1. The first kappa shape index (κ1) is 15.2. The van der Waals surface area contributed by atoms with Gasteiger partial charge in [0, 0.05) is 5.57 Å². The van der Waals surface area contributed by atoms with Crippen LogP contribution in [0.15, 0.2) is 12.2 Å². The van der Waals surface area contributed by atoms with Crippen molar-refractivity contribution >= 4 is 17.6 Å². The molecule has 1 atom stereocenters. The number of amidine groups is 2. The number of nitrogens with one attached hydrogen (secondary N) is 2. The van der Waals surface area contributed by atoms with E-state index in [-0.39, 0.29) is 23.0 Å². The number of nitrogens with two attached hydrogens (primary N) is 2. The molecule has 0 saturated heterocycles. The minimum atomic E-state index is -0.821. The lowest BCUT2D eigenvalue weighted by Gasteiger charge is -2.13. The highest BCUT2D eigenvalue weighted by atomic mass is 16.5. The Morgan fingerprint density at radius 3 is 2.00 bits per heavy atom. The zero-order valence-electron chi connectivity index (χ0n) is 11.1. The Bertz CT molecular complexity index is 564. The maximum absolute atomic E-state index is 11.4. The van der Waals surface area contributed by atoms with E-state index in [9.17, 15) is 4.79 Å². The molecule has 1 heterocycles. The number of hydrogen-bond donors (Lipinski definition) is 4. The summed E-state index contributed by atoms with van der Waals surface area (Å²) in [6.45, 7) is 6.49. The second-order valence-corrected chi connectivity index (χ2v) is 4.00. The van der Waals surface area contributed by atoms with E-state index in [4.69, 9.17) is 27.0 Å². The average molecular weight is 277 g/mol. The normalized spacial score (nSPS) is 11.5. The first-order valence-corrected chi connectivity index (χ1v) is 5.53. The molecule has 1 aromatic rings. The van der Waals surface area contributed by atoms with Gasteiger partial charge in [-0.3, -0.25) is 10.8 Å². The van der Waals surface area contributed by atoms with Gasteiger partial charge < -0.3 is 16.2 Å². The predicted molar refractivity (Wildman–Crippen MR) is 71.2 cm³/mol. The number of nitrogens with zero attached hydrogens (tertiary/aromatic N) is 3. The second-order valence-electron chi connectivity index (χ2n) is 4.00. The molecule has 6 N–H and O–H groups in total. The number of aromatic nitrogens is 3. The van der Waals surface area contributed by atoms with Crippen LogP contribution in [0.1, 0.15) is 37.4 Å². The maximum Gasteiger partial charge on any atom is 0.333 e. The van der Waals surface area contributed by atoms with Crippen LogP contribution in [0.5, 0.6) is 0 Å². The average Bonchev–Trinajstić information content (AvgIpc) is 2.37. The van der Waals surface area contributed by atoms with Crippen molar-refractivity contribution in [1.82, 2.24) is 15.0 Å². The van der Waals surface area contributed by atoms with Gasteiger partial charge in [-0.15, -0.1) is 0 Å². The van der Waals surface area contributed by atoms with Gasteiger partial charge in [-0.25, -0.2) is 19.7 Å². The molecule has 1 aromatic heterocycles. The molecule has 106 valence electrons. The quantitative estimate of drug-likeness (QED) is 0.246. The first-order valence-electron chi connectivity index (χ1n) is 5.53. The van der Waals surface area contributed by atoms with Crippen LogP contribution in [-0.2, 0) is 9.53 Å². The molecule has 0 radical (unpaired) electrons. The van der Waals surface area contributed by atoms with Crippen molar-refractivity contribution in [1.29, 1.82) is 10.8 Å². The van der Waals surface area contributed by atoms with Crippen molar-refractivity contribution in [3.05, 3.63) is 29.6 Å². The summed E-state index contributed by atoms with van der Waals surface area (Å²) in [6, 6.07) is 0. The molecule has 0 amide bonds. The molecular weight excluding hydrogens is 262 g/mol. The van der Waals surface area contributed by atoms with Crippen molar-refractivity contribution < 1.29 is 9.53 Å². The Kier molecular flexibility index (Phi) is 4.46. The summed E-state index contributed by atoms with van der Waals surface area (Å²) in [5.74, 6) is -1.65. The summed E-state index contributed by atoms with van der Waals surface area (Å²) in [5.41, 5.74) is 10.8. The highest BCUT2D eigenvalue weighted by molar-refractivity contribution is 5.94. The fourth-order valence-electron chi connectivity index (χ4n) is 1.13. The molecule has 0 fully saturated rings. The van der Waals surface area contributed by atoms with Crippen LogP contribution >= 0.6 is 0 Å². The smallest absolute Gasteiger partial charge is 0.333 e. The van der Waals surface area contributed by atoms with E-state index in [1.165, 1.54) is 13.8 Å². The summed E-state index contributed by atoms with van der Waals surface area (Å²) >= 11 is 0. The topological polar surface area (TPSA) is 165 Å². The zero-order chi connectivity index (χ0) is 15.4. The lowest BCUT2D eigenvalue weighted by molar-refractivity contribution is -0.144. The molecule has 0 saturated carbocycles. The maximum atomic E-state index is 11.4. The number of carbonyl (C=O) groups excluding carboxylic acids is 1. The Morgan fingerprint density at radius 2 is 1.65 bits per heavy atom. The minimum absolute atomic E-state index is 0.0463. The summed E-state index contributed by atoms with van der Waals surface area (Å²) in [7, 11) is 0. The molecule has 0 bridgehead atoms. The van der Waals surface area contributed by atoms with Gasteiger partial charge in [0.25, 0.3) is 0 Å². The highest BCUT2D eigenvalue weighted by Crippen LogP contribution is 2.14. The Balaban J connectivity index is 3.16. The van der Waals surface area contributed by atoms with Crippen LogP contribution < -0.4 is 11.5 Å². The van der Waals surface area contributed by atoms with Gasteiger partial charge in [0.15, 0.2) is 35.2 Å². The molecule has 0 aliphatic rings. The molecule has 1 unspecified atom stereocenters. The van der Waals surface area contributed by atoms with Gasteiger partial charge in [0.2, 0.25) is 0 Å². The molecular formula is C11H15N7O2. The van der Waals surface area contributed by atoms with E-state index in [1.54, 1.807) is 0 Å². The fraction of sp³-hybridized carbons (Fsp3) is 0.273. The molecule has 0 aliphatic carbocycles. The van der Waals surface area contributed by atoms with Gasteiger partial charge >= 0.3 is 5.97 Å². The van der Waals surface area contributed by atoms with Crippen LogP contribution in [0.25, 0.3) is 0 Å². The summed E-state index contributed by atoms with van der Waals surface area (Å²) in [5, 5.41) is 14.6. The molecule has 20 heavy (non-hydrogen) atoms. The lowest BCUT2D eigenvalue weighted by atomic mass is 10.3. The van der Waals surface area contributed by atoms with E-state index in [1.807, 2.05) is 0 Å². The molecule has 9 nitrogen and oxygen atoms in total. The van der Waals surface area contributed by atoms with Crippen molar-refractivity contribution in [2.75, 3.05) is 0 Å². The standard InChI is InChI=1S/C11H15N7O2/c1-4(2)11(19)20-5(3)8-16-9(6(12)13)18-10(17-8)7(14)15/h5H,1H2,2-3H3,(H3,12,13)(H3,14,15). The Morgan fingerprint density at radius 1 is 1.20 bits per heavy atom. The van der Waals surface area contributed by atoms with Crippen LogP contribution in [0, 0.1) is 10.8 Å². The van der Waals surface area contributed by atoms with Gasteiger partial charge in [-0.2, -0.15) is 0 Å². The van der Waals surface area contributed by atoms with E-state index < -0.39 is 23.7 Å². The fourth-order valence-corrected chi connectivity index (χ4v) is 1.13. The third kappa shape index (κ3) is 3.57. The molecule has 0 aromatic carbocycles. The van der Waals surface area contributed by atoms with Crippen molar-refractivity contribution in [3.8, 4) is 0 Å². The number of ether oxygens (including phenoxy) is 1. The summed E-state index contributed by atoms with van der Waals surface area (Å²) < 4.78 is 5.05. The van der Waals surface area contributed by atoms with Gasteiger partial charge in [0.05, 0.1) is 0 Å². The molecule has 0 spiro atoms. The van der Waals surface area contributed by atoms with Crippen LogP contribution in [0.4, 0.5) is 0 Å². The van der Waals surface area contributed by atoms with Crippen LogP contribution in [0.3, 0.4) is 0 Å². The number of carbonyl (C=O) groups is 1. The van der Waals surface area contributed by atoms with Crippen molar-refractivity contribution in [3.63, 3.8) is 0 Å². The minimum Gasteiger partial charge on any atom is -0.451 e. The first-order chi connectivity index (χ1) is 9.22. The molecule has 0 aliphatic heterocycles. The molecule has 1 rings (SSSR count). The van der Waals surface area contributed by atoms with Crippen molar-refractivity contribution in [2.45, 2.75) is 20.0 Å². The highest BCUT2D eigenvalue weighted by Gasteiger charge is 2.19. The van der Waals surface area contributed by atoms with E-state index >= 15 is 0 Å². The number of esters is 1. The Hall–Kier alpha value is -2.84. The van der Waals surface area contributed by atoms with Gasteiger partial charge in [0.1, 0.15) is 0 Å². The van der Waals surface area contributed by atoms with Crippen molar-refractivity contribution in [2.24, 2.45) is 11.5 Å². The van der Waals surface area contributed by atoms with Crippen LogP contribution in [0.2, 0.25) is 0 Å². The van der Waals surface area contributed by atoms with E-state index in [2.05, 4.69) is 21.5 Å². The predicted octanol–water partition coefficient (Wildman–Crippen LogP) is -0.380. The summed E-state index contributed by atoms with van der Waals surface area (Å²) in [6.07, 6.45) is -0.821. The van der Waals surface area contributed by atoms with Crippen LogP contribution in [-0.4, -0.2) is 32.6 Å². The van der Waals surface area contributed by atoms with E-state index in [0.717, 1.165) is 0 Å². The monoisotopic (exact) mass is 277 g/mol. The Labute approximate surface area is 115 Å². The largest absolute Gasteiger partial charge is 0.451 e. The van der Waals surface area contributed by atoms with Gasteiger partial charge in [-0.1, -0.05) is 6.58 Å². The molecule has 9 heteroatoms. The van der Waals surface area contributed by atoms with E-state index in [0.29, 0.717) is 0 Å².